The molecule has 0 saturated carbocycles. The lowest BCUT2D eigenvalue weighted by Gasteiger charge is -2.35. The summed E-state index contributed by atoms with van der Waals surface area (Å²) in [4.78, 5) is 25.8. The molecule has 8 nitrogen and oxygen atoms in total. The molecule has 3 aromatic rings. The van der Waals surface area contributed by atoms with Crippen LogP contribution < -0.4 is 4.90 Å². The third-order valence-corrected chi connectivity index (χ3v) is 4.83. The maximum absolute atomic E-state index is 12.4. The van der Waals surface area contributed by atoms with Gasteiger partial charge in [0.1, 0.15) is 6.33 Å². The van der Waals surface area contributed by atoms with Gasteiger partial charge in [0, 0.05) is 33.2 Å². The van der Waals surface area contributed by atoms with E-state index >= 15 is 0 Å². The highest BCUT2D eigenvalue weighted by Crippen LogP contribution is 2.22. The molecular formula is C14H15N7OS. The number of hydrogen-bond donors (Lipinski definition) is 0. The molecule has 0 atom stereocenters. The molecule has 4 heterocycles. The zero-order valence-corrected chi connectivity index (χ0v) is 13.4. The van der Waals surface area contributed by atoms with Crippen LogP contribution in [0.2, 0.25) is 0 Å². The number of aromatic nitrogens is 5. The molecule has 1 amide bonds. The van der Waals surface area contributed by atoms with E-state index in [1.165, 1.54) is 17.7 Å². The summed E-state index contributed by atoms with van der Waals surface area (Å²) in [5.74, 6) is 0.887. The van der Waals surface area contributed by atoms with Gasteiger partial charge in [0.2, 0.25) is 0 Å². The molecule has 4 rings (SSSR count). The summed E-state index contributed by atoms with van der Waals surface area (Å²) in [6, 6.07) is 3.77. The van der Waals surface area contributed by atoms with Crippen molar-refractivity contribution in [2.45, 2.75) is 0 Å². The Hall–Kier alpha value is -2.55. The van der Waals surface area contributed by atoms with Gasteiger partial charge in [-0.1, -0.05) is 11.3 Å². The lowest BCUT2D eigenvalue weighted by atomic mass is 10.3. The van der Waals surface area contributed by atoms with Gasteiger partial charge < -0.3 is 9.80 Å². The number of rotatable bonds is 2. The van der Waals surface area contributed by atoms with E-state index in [9.17, 15) is 4.79 Å². The Labute approximate surface area is 136 Å². The Kier molecular flexibility index (Phi) is 3.41. The number of carbonyl (C=O) groups excluding carboxylic acids is 1. The first kappa shape index (κ1) is 14.1. The first-order chi connectivity index (χ1) is 11.2. The Morgan fingerprint density at radius 2 is 2.04 bits per heavy atom. The van der Waals surface area contributed by atoms with Crippen molar-refractivity contribution in [1.29, 1.82) is 0 Å². The van der Waals surface area contributed by atoms with Gasteiger partial charge in [-0.3, -0.25) is 4.79 Å². The van der Waals surface area contributed by atoms with Crippen LogP contribution in [0.4, 0.5) is 5.82 Å². The lowest BCUT2D eigenvalue weighted by Crippen LogP contribution is -2.49. The normalized spacial score (nSPS) is 15.3. The first-order valence-corrected chi connectivity index (χ1v) is 8.20. The minimum absolute atomic E-state index is 0.104. The quantitative estimate of drug-likeness (QED) is 0.691. The molecule has 23 heavy (non-hydrogen) atoms. The first-order valence-electron chi connectivity index (χ1n) is 7.32. The van der Waals surface area contributed by atoms with Crippen LogP contribution in [0, 0.1) is 0 Å². The Bertz CT molecular complexity index is 836. The van der Waals surface area contributed by atoms with Crippen molar-refractivity contribution in [1.82, 2.24) is 29.9 Å². The summed E-state index contributed by atoms with van der Waals surface area (Å²) in [6.45, 7) is 2.78. The Morgan fingerprint density at radius 3 is 2.78 bits per heavy atom. The van der Waals surface area contributed by atoms with Gasteiger partial charge in [0.25, 0.3) is 5.91 Å². The van der Waals surface area contributed by atoms with E-state index in [1.54, 1.807) is 4.68 Å². The average Bonchev–Trinajstić information content (AvgIpc) is 3.25. The number of fused-ring (bicyclic) bond motifs is 1. The molecule has 118 valence electrons. The van der Waals surface area contributed by atoms with Gasteiger partial charge in [0.15, 0.2) is 17.0 Å². The molecule has 0 radical (unpaired) electrons. The molecule has 0 aliphatic carbocycles. The molecule has 0 spiro atoms. The number of piperazine rings is 1. The third kappa shape index (κ3) is 2.42. The number of anilines is 1. The summed E-state index contributed by atoms with van der Waals surface area (Å²) in [5, 5.41) is 10.1. The number of carbonyl (C=O) groups is 1. The molecule has 3 aromatic heterocycles. The predicted octanol–water partition coefficient (Wildman–Crippen LogP) is 0.782. The molecule has 9 heteroatoms. The van der Waals surface area contributed by atoms with Crippen LogP contribution in [-0.2, 0) is 7.05 Å². The van der Waals surface area contributed by atoms with E-state index in [2.05, 4.69) is 25.2 Å². The molecule has 0 unspecified atom stereocenters. The van der Waals surface area contributed by atoms with Gasteiger partial charge in [-0.2, -0.15) is 0 Å². The van der Waals surface area contributed by atoms with Crippen LogP contribution in [0.5, 0.6) is 0 Å². The molecular weight excluding hydrogens is 314 g/mol. The van der Waals surface area contributed by atoms with Crippen molar-refractivity contribution >= 4 is 34.2 Å². The monoisotopic (exact) mass is 329 g/mol. The van der Waals surface area contributed by atoms with Gasteiger partial charge in [-0.15, -0.1) is 16.4 Å². The van der Waals surface area contributed by atoms with Crippen molar-refractivity contribution in [3.05, 3.63) is 28.7 Å². The minimum atomic E-state index is 0.104. The summed E-state index contributed by atoms with van der Waals surface area (Å²) in [5.41, 5.74) is 1.42. The molecule has 1 aliphatic rings. The second kappa shape index (κ2) is 5.58. The second-order valence-electron chi connectivity index (χ2n) is 5.34. The van der Waals surface area contributed by atoms with E-state index in [4.69, 9.17) is 0 Å². The Balaban J connectivity index is 1.52. The number of hydrogen-bond acceptors (Lipinski definition) is 7. The number of thiophene rings is 1. The predicted molar refractivity (Wildman–Crippen MR) is 86.5 cm³/mol. The van der Waals surface area contributed by atoms with E-state index in [-0.39, 0.29) is 5.91 Å². The zero-order valence-electron chi connectivity index (χ0n) is 12.6. The second-order valence-corrected chi connectivity index (χ2v) is 6.29. The van der Waals surface area contributed by atoms with E-state index in [0.717, 1.165) is 23.8 Å². The highest BCUT2D eigenvalue weighted by atomic mass is 32.1. The topological polar surface area (TPSA) is 80.0 Å². The van der Waals surface area contributed by atoms with E-state index in [1.807, 2.05) is 29.5 Å². The SMILES string of the molecule is Cn1nnc2c(N3CCN(C(=O)c4cccs4)CC3)ncnc21. The van der Waals surface area contributed by atoms with Gasteiger partial charge >= 0.3 is 0 Å². The lowest BCUT2D eigenvalue weighted by molar-refractivity contribution is 0.0751. The number of aryl methyl sites for hydroxylation is 1. The van der Waals surface area contributed by atoms with Crippen molar-refractivity contribution < 1.29 is 4.79 Å². The number of amides is 1. The number of nitrogens with zero attached hydrogens (tertiary/aromatic N) is 7. The highest BCUT2D eigenvalue weighted by molar-refractivity contribution is 7.12. The molecule has 0 bridgehead atoms. The molecule has 1 saturated heterocycles. The van der Waals surface area contributed by atoms with Crippen molar-refractivity contribution in [2.75, 3.05) is 31.1 Å². The highest BCUT2D eigenvalue weighted by Gasteiger charge is 2.25. The molecule has 1 fully saturated rings. The Morgan fingerprint density at radius 1 is 1.22 bits per heavy atom. The van der Waals surface area contributed by atoms with Gasteiger partial charge in [0.05, 0.1) is 4.88 Å². The summed E-state index contributed by atoms with van der Waals surface area (Å²) in [7, 11) is 1.81. The third-order valence-electron chi connectivity index (χ3n) is 3.97. The summed E-state index contributed by atoms with van der Waals surface area (Å²) >= 11 is 1.48. The van der Waals surface area contributed by atoms with Gasteiger partial charge in [-0.05, 0) is 11.4 Å². The minimum Gasteiger partial charge on any atom is -0.351 e. The smallest absolute Gasteiger partial charge is 0.264 e. The van der Waals surface area contributed by atoms with E-state index in [0.29, 0.717) is 24.3 Å². The summed E-state index contributed by atoms with van der Waals surface area (Å²) in [6.07, 6.45) is 1.53. The van der Waals surface area contributed by atoms with Crippen LogP contribution in [0.3, 0.4) is 0 Å². The van der Waals surface area contributed by atoms with Crippen LogP contribution in [-0.4, -0.2) is 61.9 Å². The van der Waals surface area contributed by atoms with Crippen LogP contribution in [0.25, 0.3) is 11.2 Å². The fourth-order valence-electron chi connectivity index (χ4n) is 2.75. The zero-order chi connectivity index (χ0) is 15.8. The maximum Gasteiger partial charge on any atom is 0.264 e. The summed E-state index contributed by atoms with van der Waals surface area (Å²) < 4.78 is 1.64. The molecule has 0 N–H and O–H groups in total. The van der Waals surface area contributed by atoms with Crippen molar-refractivity contribution in [3.63, 3.8) is 0 Å². The largest absolute Gasteiger partial charge is 0.351 e. The molecule has 1 aliphatic heterocycles. The average molecular weight is 329 g/mol. The van der Waals surface area contributed by atoms with Crippen LogP contribution in [0.15, 0.2) is 23.8 Å². The van der Waals surface area contributed by atoms with Crippen molar-refractivity contribution in [2.24, 2.45) is 7.05 Å². The molecule has 0 aromatic carbocycles. The fraction of sp³-hybridized carbons (Fsp3) is 0.357. The standard InChI is InChI=1S/C14H15N7OS/c1-19-12-11(17-18-19)13(16-9-15-12)20-4-6-21(7-5-20)14(22)10-3-2-8-23-10/h2-3,8-9H,4-7H2,1H3. The van der Waals surface area contributed by atoms with E-state index < -0.39 is 0 Å². The maximum atomic E-state index is 12.4. The van der Waals surface area contributed by atoms with Crippen LogP contribution in [0.1, 0.15) is 9.67 Å². The van der Waals surface area contributed by atoms with Crippen LogP contribution >= 0.6 is 11.3 Å². The van der Waals surface area contributed by atoms with Crippen molar-refractivity contribution in [3.8, 4) is 0 Å². The van der Waals surface area contributed by atoms with Gasteiger partial charge in [-0.25, -0.2) is 14.6 Å². The fourth-order valence-corrected chi connectivity index (χ4v) is 3.44.